The van der Waals surface area contributed by atoms with Crippen molar-refractivity contribution >= 4 is 0 Å². The van der Waals surface area contributed by atoms with E-state index in [0.717, 1.165) is 0 Å². The molecule has 2 aliphatic rings. The topological polar surface area (TPSA) is 0 Å². The van der Waals surface area contributed by atoms with E-state index in [4.69, 9.17) is 0 Å². The fourth-order valence-corrected chi connectivity index (χ4v) is 5.00. The zero-order valence-corrected chi connectivity index (χ0v) is 14.9. The van der Waals surface area contributed by atoms with Gasteiger partial charge < -0.3 is 0 Å². The molecule has 0 N–H and O–H groups in total. The molecule has 0 radical (unpaired) electrons. The lowest BCUT2D eigenvalue weighted by Gasteiger charge is -2.54. The van der Waals surface area contributed by atoms with Crippen LogP contribution in [-0.4, -0.2) is 0 Å². The van der Waals surface area contributed by atoms with Gasteiger partial charge in [-0.2, -0.15) is 0 Å². The molecule has 2 aromatic carbocycles. The molecule has 0 saturated carbocycles. The first-order valence-electron chi connectivity index (χ1n) is 8.98. The van der Waals surface area contributed by atoms with E-state index in [9.17, 15) is 0 Å². The van der Waals surface area contributed by atoms with Gasteiger partial charge in [0.25, 0.3) is 0 Å². The van der Waals surface area contributed by atoms with Gasteiger partial charge in [0.05, 0.1) is 0 Å². The highest BCUT2D eigenvalue weighted by atomic mass is 14.6. The van der Waals surface area contributed by atoms with Crippen LogP contribution in [0.2, 0.25) is 0 Å². The number of rotatable bonds is 4. The molecule has 124 valence electrons. The first-order valence-corrected chi connectivity index (χ1v) is 8.98. The number of allylic oxidation sites excluding steroid dienone is 8. The van der Waals surface area contributed by atoms with Crippen molar-refractivity contribution in [3.05, 3.63) is 120 Å². The summed E-state index contributed by atoms with van der Waals surface area (Å²) in [6.45, 7) is 4.72. The van der Waals surface area contributed by atoms with Gasteiger partial charge >= 0.3 is 0 Å². The Morgan fingerprint density at radius 3 is 1.16 bits per heavy atom. The maximum atomic E-state index is 2.36. The van der Waals surface area contributed by atoms with Crippen molar-refractivity contribution in [2.45, 2.75) is 19.3 Å². The number of benzene rings is 2. The van der Waals surface area contributed by atoms with Gasteiger partial charge in [0, 0.05) is 16.2 Å². The molecule has 0 fully saturated rings. The standard InChI is InChI=1S/C25H24/c1-23(17-9-10-18-23)25(21-13-5-3-6-14-21,22-15-7-4-8-16-22)24(2)19-11-12-20-24/h3-20H,1-2H3. The second-order valence-corrected chi connectivity index (χ2v) is 7.48. The van der Waals surface area contributed by atoms with Crippen LogP contribution < -0.4 is 0 Å². The van der Waals surface area contributed by atoms with Gasteiger partial charge in [-0.15, -0.1) is 0 Å². The molecular weight excluding hydrogens is 300 g/mol. The first kappa shape index (κ1) is 15.9. The quantitative estimate of drug-likeness (QED) is 0.624. The minimum atomic E-state index is -0.227. The molecule has 2 aromatic rings. The van der Waals surface area contributed by atoms with E-state index in [0.29, 0.717) is 0 Å². The van der Waals surface area contributed by atoms with Gasteiger partial charge in [-0.25, -0.2) is 0 Å². The van der Waals surface area contributed by atoms with E-state index in [1.807, 2.05) is 0 Å². The second kappa shape index (κ2) is 5.74. The lowest BCUT2D eigenvalue weighted by atomic mass is 9.47. The van der Waals surface area contributed by atoms with Gasteiger partial charge in [-0.1, -0.05) is 123 Å². The Balaban J connectivity index is 2.13. The molecule has 0 aliphatic heterocycles. The van der Waals surface area contributed by atoms with Crippen molar-refractivity contribution in [2.24, 2.45) is 10.8 Å². The van der Waals surface area contributed by atoms with E-state index < -0.39 is 0 Å². The molecule has 0 bridgehead atoms. The molecule has 0 heteroatoms. The highest BCUT2D eigenvalue weighted by Crippen LogP contribution is 2.61. The Hall–Kier alpha value is -2.60. The first-order chi connectivity index (χ1) is 12.1. The van der Waals surface area contributed by atoms with Crippen molar-refractivity contribution in [1.29, 1.82) is 0 Å². The maximum Gasteiger partial charge on any atom is 0.0448 e. The lowest BCUT2D eigenvalue weighted by Crippen LogP contribution is -2.52. The summed E-state index contributed by atoms with van der Waals surface area (Å²) in [5.74, 6) is 0. The predicted molar refractivity (Wildman–Crippen MR) is 106 cm³/mol. The minimum absolute atomic E-state index is 0.122. The molecule has 0 spiro atoms. The van der Waals surface area contributed by atoms with Crippen LogP contribution in [0, 0.1) is 10.8 Å². The summed E-state index contributed by atoms with van der Waals surface area (Å²) in [4.78, 5) is 0. The third-order valence-corrected chi connectivity index (χ3v) is 6.02. The number of hydrogen-bond acceptors (Lipinski definition) is 0. The predicted octanol–water partition coefficient (Wildman–Crippen LogP) is 6.24. The zero-order chi connectivity index (χ0) is 17.4. The molecule has 2 aliphatic carbocycles. The Morgan fingerprint density at radius 2 is 0.840 bits per heavy atom. The molecule has 25 heavy (non-hydrogen) atoms. The monoisotopic (exact) mass is 324 g/mol. The van der Waals surface area contributed by atoms with E-state index >= 15 is 0 Å². The molecule has 4 rings (SSSR count). The molecule has 0 heterocycles. The summed E-state index contributed by atoms with van der Waals surface area (Å²) in [7, 11) is 0. The Kier molecular flexibility index (Phi) is 3.65. The Morgan fingerprint density at radius 1 is 0.520 bits per heavy atom. The molecule has 0 aromatic heterocycles. The van der Waals surface area contributed by atoms with E-state index in [1.54, 1.807) is 0 Å². The second-order valence-electron chi connectivity index (χ2n) is 7.48. The SMILES string of the molecule is CC1(C(c2ccccc2)(c2ccccc2)C2(C)C=CC=C2)C=CC=C1. The highest BCUT2D eigenvalue weighted by molar-refractivity contribution is 5.55. The van der Waals surface area contributed by atoms with Crippen LogP contribution in [0.3, 0.4) is 0 Å². The smallest absolute Gasteiger partial charge is 0.0448 e. The lowest BCUT2D eigenvalue weighted by molar-refractivity contribution is 0.192. The molecule has 0 unspecified atom stereocenters. The summed E-state index contributed by atoms with van der Waals surface area (Å²) in [6, 6.07) is 22.0. The van der Waals surface area contributed by atoms with Gasteiger partial charge in [0.15, 0.2) is 0 Å². The van der Waals surface area contributed by atoms with Crippen LogP contribution in [0.15, 0.2) is 109 Å². The largest absolute Gasteiger partial charge is 0.0736 e. The average molecular weight is 324 g/mol. The Labute approximate surface area is 150 Å². The highest BCUT2D eigenvalue weighted by Gasteiger charge is 2.58. The third-order valence-electron chi connectivity index (χ3n) is 6.02. The van der Waals surface area contributed by atoms with Crippen LogP contribution in [0.25, 0.3) is 0 Å². The zero-order valence-electron chi connectivity index (χ0n) is 14.9. The van der Waals surface area contributed by atoms with Crippen LogP contribution in [-0.2, 0) is 5.41 Å². The van der Waals surface area contributed by atoms with E-state index in [2.05, 4.69) is 123 Å². The van der Waals surface area contributed by atoms with Crippen molar-refractivity contribution in [3.63, 3.8) is 0 Å². The van der Waals surface area contributed by atoms with Crippen molar-refractivity contribution in [1.82, 2.24) is 0 Å². The fourth-order valence-electron chi connectivity index (χ4n) is 5.00. The van der Waals surface area contributed by atoms with Gasteiger partial charge in [0.2, 0.25) is 0 Å². The molecule has 0 amide bonds. The summed E-state index contributed by atoms with van der Waals surface area (Å²) in [6.07, 6.45) is 18.2. The summed E-state index contributed by atoms with van der Waals surface area (Å²) < 4.78 is 0. The normalized spacial score (nSPS) is 19.6. The molecule has 0 nitrogen and oxygen atoms in total. The van der Waals surface area contributed by atoms with Crippen LogP contribution in [0.5, 0.6) is 0 Å². The summed E-state index contributed by atoms with van der Waals surface area (Å²) in [5.41, 5.74) is 2.22. The van der Waals surface area contributed by atoms with Crippen LogP contribution in [0.1, 0.15) is 25.0 Å². The van der Waals surface area contributed by atoms with E-state index in [1.165, 1.54) is 11.1 Å². The summed E-state index contributed by atoms with van der Waals surface area (Å²) >= 11 is 0. The van der Waals surface area contributed by atoms with Crippen molar-refractivity contribution in [3.8, 4) is 0 Å². The van der Waals surface area contributed by atoms with Gasteiger partial charge in [-0.05, 0) is 11.1 Å². The van der Waals surface area contributed by atoms with Crippen LogP contribution in [0.4, 0.5) is 0 Å². The third kappa shape index (κ3) is 2.14. The minimum Gasteiger partial charge on any atom is -0.0736 e. The molecule has 0 atom stereocenters. The van der Waals surface area contributed by atoms with Gasteiger partial charge in [-0.3, -0.25) is 0 Å². The van der Waals surface area contributed by atoms with Crippen molar-refractivity contribution in [2.75, 3.05) is 0 Å². The summed E-state index contributed by atoms with van der Waals surface area (Å²) in [5, 5.41) is 0. The maximum absolute atomic E-state index is 2.36. The fraction of sp³-hybridized carbons (Fsp3) is 0.200. The molecule has 0 saturated heterocycles. The Bertz CT molecular complexity index is 763. The number of hydrogen-bond donors (Lipinski definition) is 0. The average Bonchev–Trinajstić information content (AvgIpc) is 3.28. The molecular formula is C25H24. The van der Waals surface area contributed by atoms with Gasteiger partial charge in [0.1, 0.15) is 0 Å². The van der Waals surface area contributed by atoms with Crippen molar-refractivity contribution < 1.29 is 0 Å². The van der Waals surface area contributed by atoms with E-state index in [-0.39, 0.29) is 16.2 Å². The van der Waals surface area contributed by atoms with Crippen LogP contribution >= 0.6 is 0 Å².